The van der Waals surface area contributed by atoms with Gasteiger partial charge in [-0.1, -0.05) is 30.3 Å². The molecule has 0 saturated carbocycles. The van der Waals surface area contributed by atoms with Crippen molar-refractivity contribution in [3.8, 4) is 5.75 Å². The van der Waals surface area contributed by atoms with Gasteiger partial charge in [-0.3, -0.25) is 9.69 Å². The maximum atomic E-state index is 14.6. The van der Waals surface area contributed by atoms with Crippen LogP contribution in [0.15, 0.2) is 36.4 Å². The number of hydrogen-bond donors (Lipinski definition) is 7. The van der Waals surface area contributed by atoms with E-state index in [0.29, 0.717) is 78.2 Å². The van der Waals surface area contributed by atoms with Crippen molar-refractivity contribution in [3.05, 3.63) is 58.7 Å². The number of likely N-dealkylation sites (tertiary alicyclic amines) is 2. The van der Waals surface area contributed by atoms with E-state index >= 15 is 0 Å². The van der Waals surface area contributed by atoms with Gasteiger partial charge in [0.2, 0.25) is 5.91 Å². The van der Waals surface area contributed by atoms with Crippen LogP contribution in [-0.4, -0.2) is 157 Å². The monoisotopic (exact) mass is 783 g/mol. The fraction of sp³-hybridized carbons (Fsp3) is 0.564. The molecule has 17 nitrogen and oxygen atoms in total. The normalized spacial score (nSPS) is 21.6. The number of carboxylic acid groups (broad SMARTS) is 3. The van der Waals surface area contributed by atoms with E-state index < -0.39 is 47.9 Å². The number of ether oxygens (including phenoxy) is 1. The van der Waals surface area contributed by atoms with Crippen LogP contribution in [0, 0.1) is 19.8 Å². The number of nitrogens with one attached hydrogen (secondary N) is 1. The van der Waals surface area contributed by atoms with Gasteiger partial charge in [-0.15, -0.1) is 0 Å². The highest BCUT2D eigenvalue weighted by Gasteiger charge is 2.49. The molecule has 0 aliphatic carbocycles. The molecule has 0 spiro atoms. The molecule has 6 rings (SSSR count). The Morgan fingerprint density at radius 1 is 0.875 bits per heavy atom. The number of morpholine rings is 1. The van der Waals surface area contributed by atoms with E-state index in [4.69, 9.17) is 25.2 Å². The quantitative estimate of drug-likeness (QED) is 0.194. The molecule has 3 saturated heterocycles. The standard InChI is InChI=1S/C35H47N5O6.C4H6O6/c1-24-21-26(22-25(2)31(24)41)23-28(30-9-5-6-13-39(30)34(44)45)32(42)37-15-11-35(12-16-37,38-17-19-46-20-18-38)40-14-10-27-7-3-4-8-29(27)36-33(40)43;5-1(3(7)8)2(6)4(9)10/h3-4,7-8,21-22,28,30,41H,5-6,9-20,23H2,1-2H3,(H,36,43)(H,44,45);1-2,5-6H,(H,7,8)(H,9,10)/t28-,30+;/m1./s1. The Hall–Kier alpha value is -4.97. The van der Waals surface area contributed by atoms with Crippen LogP contribution in [0.3, 0.4) is 0 Å². The lowest BCUT2D eigenvalue weighted by molar-refractivity contribution is -0.165. The molecule has 0 aromatic heterocycles. The molecular weight excluding hydrogens is 730 g/mol. The van der Waals surface area contributed by atoms with E-state index in [9.17, 15) is 34.2 Å². The Bertz CT molecular complexity index is 1720. The van der Waals surface area contributed by atoms with Gasteiger partial charge >= 0.3 is 24.1 Å². The third kappa shape index (κ3) is 9.34. The van der Waals surface area contributed by atoms with Crippen molar-refractivity contribution in [2.75, 3.05) is 57.8 Å². The second-order valence-corrected chi connectivity index (χ2v) is 14.9. The molecule has 2 aromatic carbocycles. The van der Waals surface area contributed by atoms with Crippen LogP contribution in [0.5, 0.6) is 5.75 Å². The summed E-state index contributed by atoms with van der Waals surface area (Å²) >= 11 is 0. The molecule has 4 amide bonds. The first-order chi connectivity index (χ1) is 26.6. The number of urea groups is 1. The van der Waals surface area contributed by atoms with Gasteiger partial charge in [0.15, 0.2) is 12.2 Å². The lowest BCUT2D eigenvalue weighted by Gasteiger charge is -2.55. The minimum atomic E-state index is -2.27. The number of carbonyl (C=O) groups excluding carboxylic acids is 2. The fourth-order valence-electron chi connectivity index (χ4n) is 8.52. The van der Waals surface area contributed by atoms with Crippen LogP contribution in [0.2, 0.25) is 0 Å². The Morgan fingerprint density at radius 3 is 2.07 bits per heavy atom. The molecule has 3 fully saturated rings. The number of aliphatic hydroxyl groups excluding tert-OH is 2. The number of piperidine rings is 2. The number of carboxylic acids is 2. The minimum Gasteiger partial charge on any atom is -0.507 e. The Balaban J connectivity index is 0.000000530. The van der Waals surface area contributed by atoms with Gasteiger partial charge in [-0.2, -0.15) is 0 Å². The van der Waals surface area contributed by atoms with E-state index in [1.807, 2.05) is 54.0 Å². The van der Waals surface area contributed by atoms with Crippen molar-refractivity contribution >= 4 is 35.7 Å². The average Bonchev–Trinajstić information content (AvgIpc) is 3.36. The maximum Gasteiger partial charge on any atom is 0.407 e. The molecule has 306 valence electrons. The van der Waals surface area contributed by atoms with E-state index in [-0.39, 0.29) is 17.7 Å². The Morgan fingerprint density at radius 2 is 1.48 bits per heavy atom. The summed E-state index contributed by atoms with van der Waals surface area (Å²) in [5, 5.41) is 56.2. The summed E-state index contributed by atoms with van der Waals surface area (Å²) in [6.07, 6.45) is -0.892. The highest BCUT2D eigenvalue weighted by Crippen LogP contribution is 2.38. The summed E-state index contributed by atoms with van der Waals surface area (Å²) in [6.45, 7) is 8.25. The summed E-state index contributed by atoms with van der Waals surface area (Å²) in [5.74, 6) is -3.88. The van der Waals surface area contributed by atoms with Crippen molar-refractivity contribution in [1.29, 1.82) is 0 Å². The molecule has 2 aromatic rings. The van der Waals surface area contributed by atoms with Crippen LogP contribution in [0.1, 0.15) is 54.4 Å². The van der Waals surface area contributed by atoms with E-state index in [2.05, 4.69) is 16.3 Å². The van der Waals surface area contributed by atoms with Crippen LogP contribution >= 0.6 is 0 Å². The largest absolute Gasteiger partial charge is 0.507 e. The highest BCUT2D eigenvalue weighted by molar-refractivity contribution is 5.91. The number of para-hydroxylation sites is 1. The van der Waals surface area contributed by atoms with Crippen LogP contribution in [-0.2, 0) is 32.0 Å². The van der Waals surface area contributed by atoms with Crippen molar-refractivity contribution in [2.45, 2.75) is 82.7 Å². The van der Waals surface area contributed by atoms with Gasteiger partial charge in [-0.05, 0) is 74.3 Å². The smallest absolute Gasteiger partial charge is 0.407 e. The zero-order valence-electron chi connectivity index (χ0n) is 31.8. The number of fused-ring (bicyclic) bond motifs is 1. The summed E-state index contributed by atoms with van der Waals surface area (Å²) in [7, 11) is 0. The first kappa shape index (κ1) is 42.2. The number of anilines is 1. The molecule has 4 atom stereocenters. The predicted octanol–water partition coefficient (Wildman–Crippen LogP) is 2.32. The Labute approximate surface area is 325 Å². The lowest BCUT2D eigenvalue weighted by Crippen LogP contribution is -2.69. The maximum absolute atomic E-state index is 14.6. The molecule has 4 aliphatic heterocycles. The number of hydrogen-bond acceptors (Lipinski definition) is 10. The molecule has 4 aliphatic rings. The SMILES string of the molecule is Cc1cc(C[C@@H](C(=O)N2CCC(N3CCOCC3)(N3CCc4ccccc4NC3=O)CC2)[C@@H]2CCCCN2C(=O)O)cc(C)c1O.O=C(O)C(O)C(O)C(=O)O. The molecule has 7 N–H and O–H groups in total. The molecule has 2 unspecified atom stereocenters. The van der Waals surface area contributed by atoms with Gasteiger partial charge in [-0.25, -0.2) is 19.2 Å². The number of amides is 4. The number of aliphatic carboxylic acids is 2. The number of aliphatic hydroxyl groups is 2. The van der Waals surface area contributed by atoms with Gasteiger partial charge in [0.05, 0.1) is 19.1 Å². The third-order valence-corrected chi connectivity index (χ3v) is 11.5. The average molecular weight is 784 g/mol. The van der Waals surface area contributed by atoms with Crippen LogP contribution in [0.4, 0.5) is 15.3 Å². The van der Waals surface area contributed by atoms with Crippen molar-refractivity contribution in [3.63, 3.8) is 0 Å². The highest BCUT2D eigenvalue weighted by atomic mass is 16.5. The van der Waals surface area contributed by atoms with Gasteiger partial charge in [0.25, 0.3) is 0 Å². The van der Waals surface area contributed by atoms with Crippen LogP contribution in [0.25, 0.3) is 0 Å². The molecule has 0 radical (unpaired) electrons. The summed E-state index contributed by atoms with van der Waals surface area (Å²) < 4.78 is 5.70. The van der Waals surface area contributed by atoms with E-state index in [1.54, 1.807) is 0 Å². The first-order valence-electron chi connectivity index (χ1n) is 19.0. The number of nitrogens with zero attached hydrogens (tertiary/aromatic N) is 4. The fourth-order valence-corrected chi connectivity index (χ4v) is 8.52. The van der Waals surface area contributed by atoms with Crippen molar-refractivity contribution < 1.29 is 59.3 Å². The molecule has 0 bridgehead atoms. The number of phenolic OH excluding ortho intramolecular Hbond substituents is 1. The predicted molar refractivity (Wildman–Crippen MR) is 201 cm³/mol. The molecular formula is C39H53N5O12. The number of aryl methyl sites for hydroxylation is 2. The topological polar surface area (TPSA) is 241 Å². The van der Waals surface area contributed by atoms with E-state index in [0.717, 1.165) is 47.2 Å². The summed E-state index contributed by atoms with van der Waals surface area (Å²) in [6, 6.07) is 11.2. The molecule has 4 heterocycles. The summed E-state index contributed by atoms with van der Waals surface area (Å²) in [5.41, 5.74) is 3.80. The molecule has 17 heteroatoms. The Kier molecular flexibility index (Phi) is 13.8. The number of aromatic hydroxyl groups is 1. The second-order valence-electron chi connectivity index (χ2n) is 14.9. The number of phenols is 1. The van der Waals surface area contributed by atoms with Crippen molar-refractivity contribution in [1.82, 2.24) is 19.6 Å². The summed E-state index contributed by atoms with van der Waals surface area (Å²) in [4.78, 5) is 68.0. The van der Waals surface area contributed by atoms with Crippen molar-refractivity contribution in [2.24, 2.45) is 5.92 Å². The number of benzene rings is 2. The van der Waals surface area contributed by atoms with Gasteiger partial charge in [0.1, 0.15) is 11.4 Å². The lowest BCUT2D eigenvalue weighted by atomic mass is 9.83. The number of rotatable bonds is 9. The minimum absolute atomic E-state index is 0.0372. The second kappa shape index (κ2) is 18.3. The zero-order chi connectivity index (χ0) is 40.7. The molecule has 56 heavy (non-hydrogen) atoms. The van der Waals surface area contributed by atoms with Crippen LogP contribution < -0.4 is 5.32 Å². The zero-order valence-corrected chi connectivity index (χ0v) is 31.8. The number of carbonyl (C=O) groups is 5. The third-order valence-electron chi connectivity index (χ3n) is 11.5. The van der Waals surface area contributed by atoms with Gasteiger partial charge in [0, 0.05) is 63.8 Å². The first-order valence-corrected chi connectivity index (χ1v) is 19.0. The van der Waals surface area contributed by atoms with Gasteiger partial charge < -0.3 is 55.4 Å². The van der Waals surface area contributed by atoms with E-state index in [1.165, 1.54) is 4.90 Å².